The summed E-state index contributed by atoms with van der Waals surface area (Å²) in [5, 5.41) is 0. The highest BCUT2D eigenvalue weighted by molar-refractivity contribution is 7.89. The Balaban J connectivity index is 1.37. The Hall–Kier alpha value is -2.87. The molecule has 7 heteroatoms. The van der Waals surface area contributed by atoms with Crippen LogP contribution in [0.15, 0.2) is 77.7 Å². The van der Waals surface area contributed by atoms with E-state index < -0.39 is 10.0 Å². The van der Waals surface area contributed by atoms with Gasteiger partial charge in [-0.15, -0.1) is 0 Å². The number of para-hydroxylation sites is 2. The van der Waals surface area contributed by atoms with E-state index in [-0.39, 0.29) is 12.3 Å². The van der Waals surface area contributed by atoms with Crippen molar-refractivity contribution < 1.29 is 8.42 Å². The van der Waals surface area contributed by atoms with Gasteiger partial charge in [0.2, 0.25) is 10.0 Å². The maximum Gasteiger partial charge on any atom is 0.240 e. The fourth-order valence-corrected chi connectivity index (χ4v) is 6.26. The van der Waals surface area contributed by atoms with Crippen LogP contribution in [-0.2, 0) is 10.0 Å². The molecular formula is C26H30N4O2S. The first-order valence-electron chi connectivity index (χ1n) is 11.3. The second-order valence-electron chi connectivity index (χ2n) is 8.89. The predicted molar refractivity (Wildman–Crippen MR) is 133 cm³/mol. The van der Waals surface area contributed by atoms with Crippen LogP contribution in [0, 0.1) is 6.92 Å². The van der Waals surface area contributed by atoms with Gasteiger partial charge in [-0.2, -0.15) is 0 Å². The van der Waals surface area contributed by atoms with Crippen molar-refractivity contribution in [3.63, 3.8) is 0 Å². The smallest absolute Gasteiger partial charge is 0.240 e. The van der Waals surface area contributed by atoms with Crippen molar-refractivity contribution in [1.82, 2.24) is 9.62 Å². The summed E-state index contributed by atoms with van der Waals surface area (Å²) in [7, 11) is 0.789. The van der Waals surface area contributed by atoms with Crippen molar-refractivity contribution in [2.45, 2.75) is 30.6 Å². The third-order valence-electron chi connectivity index (χ3n) is 6.77. The zero-order valence-electron chi connectivity index (χ0n) is 19.3. The van der Waals surface area contributed by atoms with E-state index in [1.165, 1.54) is 22.5 Å². The molecule has 0 aromatic heterocycles. The van der Waals surface area contributed by atoms with Crippen LogP contribution in [0.5, 0.6) is 0 Å². The van der Waals surface area contributed by atoms with Crippen LogP contribution < -0.4 is 14.5 Å². The second-order valence-corrected chi connectivity index (χ2v) is 10.7. The van der Waals surface area contributed by atoms with Crippen LogP contribution in [0.1, 0.15) is 35.4 Å². The van der Waals surface area contributed by atoms with Crippen molar-refractivity contribution >= 4 is 21.4 Å². The number of fused-ring (bicyclic) bond motifs is 6. The lowest BCUT2D eigenvalue weighted by atomic mass is 9.93. The second kappa shape index (κ2) is 8.48. The number of hydrogen-bond acceptors (Lipinski definition) is 5. The molecular weight excluding hydrogens is 432 g/mol. The molecule has 0 saturated carbocycles. The first-order valence-corrected chi connectivity index (χ1v) is 12.8. The Morgan fingerprint density at radius 2 is 1.30 bits per heavy atom. The molecule has 5 rings (SSSR count). The number of nitrogens with zero attached hydrogens (tertiary/aromatic N) is 3. The molecule has 2 aliphatic heterocycles. The standard InChI is InChI=1S/C26H30N4O2S/c1-19-13-15-20(16-14-19)33(31,32)27-17-8-18-30-25-22-10-5-7-12-24(22)29(3)26(30)21-9-4-6-11-23(21)28(25)2/h4-7,9-16,25-27H,8,17-18H2,1-3H3. The summed E-state index contributed by atoms with van der Waals surface area (Å²) < 4.78 is 28.1. The Labute approximate surface area is 196 Å². The molecule has 2 aliphatic rings. The molecule has 0 radical (unpaired) electrons. The zero-order valence-corrected chi connectivity index (χ0v) is 20.1. The molecule has 2 unspecified atom stereocenters. The van der Waals surface area contributed by atoms with Crippen molar-refractivity contribution in [3.8, 4) is 0 Å². The van der Waals surface area contributed by atoms with Gasteiger partial charge < -0.3 is 9.80 Å². The van der Waals surface area contributed by atoms with E-state index in [0.29, 0.717) is 17.9 Å². The van der Waals surface area contributed by atoms with E-state index in [9.17, 15) is 8.42 Å². The Bertz CT molecular complexity index is 1200. The summed E-state index contributed by atoms with van der Waals surface area (Å²) >= 11 is 0. The van der Waals surface area contributed by atoms with Gasteiger partial charge in [0.25, 0.3) is 0 Å². The van der Waals surface area contributed by atoms with Crippen LogP contribution >= 0.6 is 0 Å². The minimum absolute atomic E-state index is 0.103. The van der Waals surface area contributed by atoms with Gasteiger partial charge in [-0.3, -0.25) is 4.90 Å². The average molecular weight is 463 g/mol. The highest BCUT2D eigenvalue weighted by Crippen LogP contribution is 2.51. The first-order chi connectivity index (χ1) is 15.9. The van der Waals surface area contributed by atoms with Gasteiger partial charge in [-0.25, -0.2) is 13.1 Å². The monoisotopic (exact) mass is 462 g/mol. The maximum atomic E-state index is 12.7. The number of rotatable bonds is 6. The van der Waals surface area contributed by atoms with Gasteiger partial charge in [-0.05, 0) is 37.6 Å². The Morgan fingerprint density at radius 3 is 1.85 bits per heavy atom. The molecule has 0 spiro atoms. The number of aryl methyl sites for hydroxylation is 1. The van der Waals surface area contributed by atoms with Crippen molar-refractivity contribution in [2.24, 2.45) is 0 Å². The summed E-state index contributed by atoms with van der Waals surface area (Å²) in [5.41, 5.74) is 6.07. The lowest BCUT2D eigenvalue weighted by Gasteiger charge is -2.56. The van der Waals surface area contributed by atoms with Crippen LogP contribution in [-0.4, -0.2) is 40.5 Å². The number of hydrogen-bond donors (Lipinski definition) is 1. The van der Waals surface area contributed by atoms with Gasteiger partial charge in [0.15, 0.2) is 0 Å². The molecule has 0 aliphatic carbocycles. The fourth-order valence-electron chi connectivity index (χ4n) is 5.18. The van der Waals surface area contributed by atoms with E-state index >= 15 is 0 Å². The summed E-state index contributed by atoms with van der Waals surface area (Å²) in [5.74, 6) is 0. The first kappa shape index (κ1) is 21.9. The van der Waals surface area contributed by atoms with Crippen LogP contribution in [0.3, 0.4) is 0 Å². The van der Waals surface area contributed by atoms with E-state index in [4.69, 9.17) is 0 Å². The molecule has 0 saturated heterocycles. The minimum Gasteiger partial charge on any atom is -0.354 e. The van der Waals surface area contributed by atoms with E-state index in [0.717, 1.165) is 12.1 Å². The molecule has 2 atom stereocenters. The Kier molecular flexibility index (Phi) is 5.64. The fraction of sp³-hybridized carbons (Fsp3) is 0.308. The maximum absolute atomic E-state index is 12.7. The number of nitrogens with one attached hydrogen (secondary N) is 1. The lowest BCUT2D eigenvalue weighted by Crippen LogP contribution is -2.55. The van der Waals surface area contributed by atoms with Gasteiger partial charge in [0.1, 0.15) is 12.3 Å². The summed E-state index contributed by atoms with van der Waals surface area (Å²) in [6.07, 6.45) is 0.918. The molecule has 1 N–H and O–H groups in total. The SMILES string of the molecule is Cc1ccc(S(=O)(=O)NCCCN2C3c4ccccc4N(C)C2c2ccccc2N3C)cc1. The molecule has 3 aromatic rings. The third-order valence-corrected chi connectivity index (χ3v) is 8.25. The average Bonchev–Trinajstić information content (AvgIpc) is 2.82. The summed E-state index contributed by atoms with van der Waals surface area (Å²) in [4.78, 5) is 7.47. The van der Waals surface area contributed by atoms with Crippen molar-refractivity contribution in [1.29, 1.82) is 0 Å². The molecule has 0 fully saturated rings. The Morgan fingerprint density at radius 1 is 0.788 bits per heavy atom. The number of anilines is 2. The predicted octanol–water partition coefficient (Wildman–Crippen LogP) is 4.26. The van der Waals surface area contributed by atoms with E-state index in [1.54, 1.807) is 12.1 Å². The molecule has 2 heterocycles. The van der Waals surface area contributed by atoms with Gasteiger partial charge in [-0.1, -0.05) is 54.1 Å². The van der Waals surface area contributed by atoms with Gasteiger partial charge >= 0.3 is 0 Å². The molecule has 6 nitrogen and oxygen atoms in total. The van der Waals surface area contributed by atoms with Crippen molar-refractivity contribution in [2.75, 3.05) is 37.0 Å². The third kappa shape index (κ3) is 3.80. The lowest BCUT2D eigenvalue weighted by molar-refractivity contribution is 0.107. The normalized spacial score (nSPS) is 19.8. The molecule has 0 amide bonds. The van der Waals surface area contributed by atoms with Crippen LogP contribution in [0.4, 0.5) is 11.4 Å². The van der Waals surface area contributed by atoms with Crippen LogP contribution in [0.2, 0.25) is 0 Å². The topological polar surface area (TPSA) is 55.9 Å². The largest absolute Gasteiger partial charge is 0.354 e. The zero-order chi connectivity index (χ0) is 23.2. The van der Waals surface area contributed by atoms with E-state index in [2.05, 4.69) is 82.0 Å². The molecule has 33 heavy (non-hydrogen) atoms. The highest BCUT2D eigenvalue weighted by atomic mass is 32.2. The number of benzene rings is 3. The van der Waals surface area contributed by atoms with E-state index in [1.807, 2.05) is 19.1 Å². The van der Waals surface area contributed by atoms with Crippen LogP contribution in [0.25, 0.3) is 0 Å². The highest BCUT2D eigenvalue weighted by Gasteiger charge is 2.44. The minimum atomic E-state index is -3.51. The van der Waals surface area contributed by atoms with Crippen molar-refractivity contribution in [3.05, 3.63) is 89.5 Å². The van der Waals surface area contributed by atoms with Gasteiger partial charge in [0, 0.05) is 49.7 Å². The number of sulfonamides is 1. The quantitative estimate of drug-likeness (QED) is 0.555. The van der Waals surface area contributed by atoms with Gasteiger partial charge in [0.05, 0.1) is 4.90 Å². The molecule has 3 aromatic carbocycles. The molecule has 2 bridgehead atoms. The molecule has 172 valence electrons. The summed E-state index contributed by atoms with van der Waals surface area (Å²) in [6.45, 7) is 3.11. The summed E-state index contributed by atoms with van der Waals surface area (Å²) in [6, 6.07) is 24.1.